The molecule has 6 heteroatoms. The lowest BCUT2D eigenvalue weighted by molar-refractivity contribution is 0.0379. The van der Waals surface area contributed by atoms with Crippen LogP contribution in [0, 0.1) is 18.3 Å². The van der Waals surface area contributed by atoms with Gasteiger partial charge in [-0.2, -0.15) is 5.26 Å². The van der Waals surface area contributed by atoms with E-state index in [1.165, 1.54) is 0 Å². The monoisotopic (exact) mass is 321 g/mol. The number of aromatic amines is 1. The predicted octanol–water partition coefficient (Wildman–Crippen LogP) is 2.82. The highest BCUT2D eigenvalue weighted by Crippen LogP contribution is 2.28. The van der Waals surface area contributed by atoms with Gasteiger partial charge in [-0.05, 0) is 26.8 Å². The molecule has 0 saturated carbocycles. The quantitative estimate of drug-likeness (QED) is 0.578. The normalized spacial score (nSPS) is 11.0. The van der Waals surface area contributed by atoms with Gasteiger partial charge in [0.1, 0.15) is 6.07 Å². The van der Waals surface area contributed by atoms with Crippen molar-refractivity contribution in [1.82, 2.24) is 9.97 Å². The van der Waals surface area contributed by atoms with E-state index in [4.69, 9.17) is 4.74 Å². The van der Waals surface area contributed by atoms with Gasteiger partial charge in [0.15, 0.2) is 5.69 Å². The molecule has 0 radical (unpaired) electrons. The Morgan fingerprint density at radius 2 is 2.00 bits per heavy atom. The van der Waals surface area contributed by atoms with Crippen LogP contribution in [0.4, 0.5) is 0 Å². The number of fused-ring (bicyclic) bond motifs is 3. The fourth-order valence-corrected chi connectivity index (χ4v) is 2.79. The second kappa shape index (κ2) is 5.78. The summed E-state index contributed by atoms with van der Waals surface area (Å²) in [6, 6.07) is 9.07. The molecule has 0 bridgehead atoms. The molecule has 0 unspecified atom stereocenters. The van der Waals surface area contributed by atoms with Crippen molar-refractivity contribution in [2.24, 2.45) is 0 Å². The number of aryl methyl sites for hydroxylation is 1. The van der Waals surface area contributed by atoms with Crippen LogP contribution in [0.2, 0.25) is 0 Å². The molecule has 1 aromatic carbocycles. The highest BCUT2D eigenvalue weighted by Gasteiger charge is 2.23. The van der Waals surface area contributed by atoms with E-state index in [1.807, 2.05) is 6.07 Å². The van der Waals surface area contributed by atoms with E-state index >= 15 is 0 Å². The molecule has 0 spiro atoms. The molecule has 3 rings (SSSR count). The minimum Gasteiger partial charge on any atom is -0.459 e. The summed E-state index contributed by atoms with van der Waals surface area (Å²) in [5.74, 6) is -0.555. The third kappa shape index (κ3) is 2.40. The number of nitrogens with zero attached hydrogens (tertiary/aromatic N) is 2. The smallest absolute Gasteiger partial charge is 0.340 e. The maximum absolute atomic E-state index is 12.6. The molecule has 0 fully saturated rings. The third-order valence-electron chi connectivity index (χ3n) is 3.70. The van der Waals surface area contributed by atoms with E-state index < -0.39 is 11.5 Å². The number of nitrogens with one attached hydrogen (secondary N) is 1. The van der Waals surface area contributed by atoms with Crippen molar-refractivity contribution in [3.05, 3.63) is 51.6 Å². The number of pyridine rings is 2. The first-order valence-corrected chi connectivity index (χ1v) is 7.50. The number of benzene rings is 1. The molecule has 2 aromatic heterocycles. The molecule has 24 heavy (non-hydrogen) atoms. The lowest BCUT2D eigenvalue weighted by atomic mass is 9.99. The fraction of sp³-hybridized carbons (Fsp3) is 0.222. The number of aromatic nitrogens is 2. The van der Waals surface area contributed by atoms with E-state index in [0.29, 0.717) is 22.0 Å². The number of carbonyl (C=O) groups excluding carboxylic acids is 1. The maximum atomic E-state index is 12.6. The standard InChI is InChI=1S/C18H15N3O3/c1-9(2)24-18(23)14-10(3)20-13(8-19)16-15(14)11-6-4-5-7-12(11)21-17(16)22/h4-7,9H,1-3H3,(H,21,22). The Labute approximate surface area is 137 Å². The van der Waals surface area contributed by atoms with Crippen molar-refractivity contribution in [1.29, 1.82) is 5.26 Å². The number of para-hydroxylation sites is 1. The van der Waals surface area contributed by atoms with Crippen LogP contribution in [-0.2, 0) is 4.74 Å². The van der Waals surface area contributed by atoms with Crippen molar-refractivity contribution in [3.8, 4) is 6.07 Å². The van der Waals surface area contributed by atoms with Gasteiger partial charge in [-0.25, -0.2) is 9.78 Å². The summed E-state index contributed by atoms with van der Waals surface area (Å²) in [6.07, 6.45) is -0.309. The van der Waals surface area contributed by atoms with Crippen molar-refractivity contribution in [3.63, 3.8) is 0 Å². The number of ether oxygens (including phenoxy) is 1. The average molecular weight is 321 g/mol. The lowest BCUT2D eigenvalue weighted by Gasteiger charge is -2.14. The highest BCUT2D eigenvalue weighted by atomic mass is 16.5. The molecule has 1 N–H and O–H groups in total. The van der Waals surface area contributed by atoms with Crippen molar-refractivity contribution in [2.45, 2.75) is 26.9 Å². The van der Waals surface area contributed by atoms with Gasteiger partial charge < -0.3 is 9.72 Å². The van der Waals surface area contributed by atoms with Crippen molar-refractivity contribution in [2.75, 3.05) is 0 Å². The van der Waals surface area contributed by atoms with Crippen LogP contribution in [0.15, 0.2) is 29.1 Å². The largest absolute Gasteiger partial charge is 0.459 e. The SMILES string of the molecule is Cc1nc(C#N)c2c(=O)[nH]c3ccccc3c2c1C(=O)OC(C)C. The molecule has 2 heterocycles. The number of rotatable bonds is 2. The predicted molar refractivity (Wildman–Crippen MR) is 89.9 cm³/mol. The molecule has 0 atom stereocenters. The van der Waals surface area contributed by atoms with Crippen LogP contribution >= 0.6 is 0 Å². The number of H-pyrrole nitrogens is 1. The first-order valence-electron chi connectivity index (χ1n) is 7.50. The zero-order valence-corrected chi connectivity index (χ0v) is 13.5. The molecular formula is C18H15N3O3. The van der Waals surface area contributed by atoms with E-state index in [-0.39, 0.29) is 22.7 Å². The van der Waals surface area contributed by atoms with E-state index in [0.717, 1.165) is 0 Å². The Kier molecular flexibility index (Phi) is 3.78. The first kappa shape index (κ1) is 15.7. The van der Waals surface area contributed by atoms with Gasteiger partial charge in [-0.3, -0.25) is 4.79 Å². The maximum Gasteiger partial charge on any atom is 0.340 e. The van der Waals surface area contributed by atoms with Crippen LogP contribution in [-0.4, -0.2) is 22.0 Å². The number of esters is 1. The van der Waals surface area contributed by atoms with Gasteiger partial charge in [0, 0.05) is 16.3 Å². The van der Waals surface area contributed by atoms with Gasteiger partial charge in [-0.1, -0.05) is 18.2 Å². The summed E-state index contributed by atoms with van der Waals surface area (Å²) >= 11 is 0. The van der Waals surface area contributed by atoms with E-state index in [1.54, 1.807) is 45.0 Å². The average Bonchev–Trinajstić information content (AvgIpc) is 2.53. The molecule has 0 aliphatic heterocycles. The molecule has 0 amide bonds. The topological polar surface area (TPSA) is 95.8 Å². The Morgan fingerprint density at radius 3 is 2.67 bits per heavy atom. The van der Waals surface area contributed by atoms with E-state index in [9.17, 15) is 14.9 Å². The Balaban J connectivity index is 2.57. The number of hydrogen-bond donors (Lipinski definition) is 1. The van der Waals surface area contributed by atoms with Gasteiger partial charge in [-0.15, -0.1) is 0 Å². The molecule has 3 aromatic rings. The highest BCUT2D eigenvalue weighted by molar-refractivity contribution is 6.16. The number of hydrogen-bond acceptors (Lipinski definition) is 5. The summed E-state index contributed by atoms with van der Waals surface area (Å²) < 4.78 is 5.31. The zero-order valence-electron chi connectivity index (χ0n) is 13.5. The Bertz CT molecular complexity index is 1070. The lowest BCUT2D eigenvalue weighted by Crippen LogP contribution is -2.18. The van der Waals surface area contributed by atoms with Gasteiger partial charge in [0.2, 0.25) is 0 Å². The van der Waals surface area contributed by atoms with Crippen LogP contribution in [0.3, 0.4) is 0 Å². The molecule has 120 valence electrons. The summed E-state index contributed by atoms with van der Waals surface area (Å²) in [5, 5.41) is 10.5. The van der Waals surface area contributed by atoms with Crippen LogP contribution in [0.25, 0.3) is 21.7 Å². The molecule has 6 nitrogen and oxygen atoms in total. The number of nitriles is 1. The minimum absolute atomic E-state index is 0.00407. The van der Waals surface area contributed by atoms with Gasteiger partial charge >= 0.3 is 5.97 Å². The summed E-state index contributed by atoms with van der Waals surface area (Å²) in [4.78, 5) is 31.9. The Hall–Kier alpha value is -3.20. The summed E-state index contributed by atoms with van der Waals surface area (Å²) in [5.41, 5.74) is 0.713. The molecule has 0 aliphatic carbocycles. The van der Waals surface area contributed by atoms with Gasteiger partial charge in [0.25, 0.3) is 5.56 Å². The number of carbonyl (C=O) groups is 1. The molecule has 0 aliphatic rings. The first-order chi connectivity index (χ1) is 11.4. The van der Waals surface area contributed by atoms with Crippen LogP contribution in [0.1, 0.15) is 35.6 Å². The zero-order chi connectivity index (χ0) is 17.4. The minimum atomic E-state index is -0.555. The molecular weight excluding hydrogens is 306 g/mol. The molecule has 0 saturated heterocycles. The van der Waals surface area contributed by atoms with E-state index in [2.05, 4.69) is 9.97 Å². The second-order valence-corrected chi connectivity index (χ2v) is 5.74. The van der Waals surface area contributed by atoms with Crippen LogP contribution in [0.5, 0.6) is 0 Å². The summed E-state index contributed by atoms with van der Waals surface area (Å²) in [6.45, 7) is 5.13. The van der Waals surface area contributed by atoms with Crippen molar-refractivity contribution >= 4 is 27.6 Å². The fourth-order valence-electron chi connectivity index (χ4n) is 2.79. The third-order valence-corrected chi connectivity index (χ3v) is 3.70. The van der Waals surface area contributed by atoms with Gasteiger partial charge in [0.05, 0.1) is 22.7 Å². The second-order valence-electron chi connectivity index (χ2n) is 5.74. The summed E-state index contributed by atoms with van der Waals surface area (Å²) in [7, 11) is 0. The van der Waals surface area contributed by atoms with Crippen molar-refractivity contribution < 1.29 is 9.53 Å². The van der Waals surface area contributed by atoms with Crippen LogP contribution < -0.4 is 5.56 Å². The Morgan fingerprint density at radius 1 is 1.29 bits per heavy atom.